The van der Waals surface area contributed by atoms with Gasteiger partial charge in [-0.1, -0.05) is 51.1 Å². The maximum Gasteiger partial charge on any atom is 0.328 e. The highest BCUT2D eigenvalue weighted by molar-refractivity contribution is 5.85. The van der Waals surface area contributed by atoms with Crippen LogP contribution < -0.4 is 5.32 Å². The van der Waals surface area contributed by atoms with Crippen molar-refractivity contribution < 1.29 is 14.3 Å². The molecule has 0 aromatic heterocycles. The summed E-state index contributed by atoms with van der Waals surface area (Å²) in [6, 6.07) is 8.93. The molecule has 1 amide bonds. The highest BCUT2D eigenvalue weighted by Crippen LogP contribution is 2.11. The highest BCUT2D eigenvalue weighted by atomic mass is 16.5. The molecule has 4 heteroatoms. The van der Waals surface area contributed by atoms with Gasteiger partial charge in [0.1, 0.15) is 6.04 Å². The van der Waals surface area contributed by atoms with Gasteiger partial charge in [-0.25, -0.2) is 4.79 Å². The normalized spacial score (nSPS) is 13.7. The molecular formula is C16H23NO3. The zero-order chi connectivity index (χ0) is 15.1. The summed E-state index contributed by atoms with van der Waals surface area (Å²) < 4.78 is 4.77. The summed E-state index contributed by atoms with van der Waals surface area (Å²) >= 11 is 0. The SMILES string of the molecule is COC(=O)[C@H](Cc1ccccc1)NC(=O)[C@@H](C)C(C)C. The van der Waals surface area contributed by atoms with Crippen LogP contribution in [-0.2, 0) is 20.7 Å². The number of rotatable bonds is 6. The molecule has 0 saturated heterocycles. The molecule has 0 fully saturated rings. The molecule has 0 bridgehead atoms. The van der Waals surface area contributed by atoms with Gasteiger partial charge in [-0.15, -0.1) is 0 Å². The van der Waals surface area contributed by atoms with Crippen LogP contribution in [0.3, 0.4) is 0 Å². The number of esters is 1. The van der Waals surface area contributed by atoms with Crippen LogP contribution in [0.5, 0.6) is 0 Å². The monoisotopic (exact) mass is 277 g/mol. The fourth-order valence-corrected chi connectivity index (χ4v) is 1.79. The number of ether oxygens (including phenoxy) is 1. The van der Waals surface area contributed by atoms with Crippen molar-refractivity contribution in [3.63, 3.8) is 0 Å². The van der Waals surface area contributed by atoms with Crippen LogP contribution in [0.1, 0.15) is 26.3 Å². The van der Waals surface area contributed by atoms with Crippen LogP contribution in [0, 0.1) is 11.8 Å². The molecule has 110 valence electrons. The fourth-order valence-electron chi connectivity index (χ4n) is 1.79. The molecule has 20 heavy (non-hydrogen) atoms. The fraction of sp³-hybridized carbons (Fsp3) is 0.500. The molecule has 1 N–H and O–H groups in total. The van der Waals surface area contributed by atoms with Crippen LogP contribution in [0.2, 0.25) is 0 Å². The van der Waals surface area contributed by atoms with Gasteiger partial charge in [0.05, 0.1) is 7.11 Å². The van der Waals surface area contributed by atoms with E-state index in [0.717, 1.165) is 5.56 Å². The molecule has 0 aliphatic heterocycles. The molecule has 0 saturated carbocycles. The van der Waals surface area contributed by atoms with Gasteiger partial charge in [-0.2, -0.15) is 0 Å². The Kier molecular flexibility index (Phi) is 6.22. The smallest absolute Gasteiger partial charge is 0.328 e. The van der Waals surface area contributed by atoms with E-state index >= 15 is 0 Å². The van der Waals surface area contributed by atoms with Gasteiger partial charge in [0, 0.05) is 12.3 Å². The minimum atomic E-state index is -0.643. The molecule has 1 aromatic rings. The number of carbonyl (C=O) groups is 2. The third-order valence-corrected chi connectivity index (χ3v) is 3.50. The Hall–Kier alpha value is -1.84. The molecule has 1 aromatic carbocycles. The lowest BCUT2D eigenvalue weighted by atomic mass is 9.96. The predicted octanol–water partition coefficient (Wildman–Crippen LogP) is 2.18. The van der Waals surface area contributed by atoms with Crippen LogP contribution in [0.25, 0.3) is 0 Å². The molecule has 1 rings (SSSR count). The number of carbonyl (C=O) groups excluding carboxylic acids is 2. The van der Waals surface area contributed by atoms with E-state index in [9.17, 15) is 9.59 Å². The van der Waals surface area contributed by atoms with Crippen molar-refractivity contribution in [2.75, 3.05) is 7.11 Å². The Morgan fingerprint density at radius 3 is 2.25 bits per heavy atom. The van der Waals surface area contributed by atoms with Gasteiger partial charge in [-0.3, -0.25) is 4.79 Å². The van der Waals surface area contributed by atoms with E-state index < -0.39 is 12.0 Å². The highest BCUT2D eigenvalue weighted by Gasteiger charge is 2.25. The predicted molar refractivity (Wildman–Crippen MR) is 78.1 cm³/mol. The number of hydrogen-bond donors (Lipinski definition) is 1. The molecule has 0 aliphatic carbocycles. The van der Waals surface area contributed by atoms with E-state index in [1.54, 1.807) is 0 Å². The van der Waals surface area contributed by atoms with Gasteiger partial charge in [-0.05, 0) is 11.5 Å². The Morgan fingerprint density at radius 1 is 1.15 bits per heavy atom. The van der Waals surface area contributed by atoms with E-state index in [4.69, 9.17) is 4.74 Å². The summed E-state index contributed by atoms with van der Waals surface area (Å²) in [7, 11) is 1.33. The third kappa shape index (κ3) is 4.68. The van der Waals surface area contributed by atoms with Gasteiger partial charge < -0.3 is 10.1 Å². The lowest BCUT2D eigenvalue weighted by molar-refractivity contribution is -0.145. The molecule has 0 radical (unpaired) electrons. The minimum absolute atomic E-state index is 0.119. The van der Waals surface area contributed by atoms with Gasteiger partial charge in [0.15, 0.2) is 0 Å². The third-order valence-electron chi connectivity index (χ3n) is 3.50. The second-order valence-corrected chi connectivity index (χ2v) is 5.31. The quantitative estimate of drug-likeness (QED) is 0.811. The number of nitrogens with one attached hydrogen (secondary N) is 1. The molecule has 0 spiro atoms. The van der Waals surface area contributed by atoms with Crippen molar-refractivity contribution in [2.45, 2.75) is 33.2 Å². The van der Waals surface area contributed by atoms with E-state index in [1.807, 2.05) is 51.1 Å². The molecule has 0 aliphatic rings. The van der Waals surface area contributed by atoms with Crippen molar-refractivity contribution in [3.8, 4) is 0 Å². The van der Waals surface area contributed by atoms with E-state index in [2.05, 4.69) is 5.32 Å². The second-order valence-electron chi connectivity index (χ2n) is 5.31. The van der Waals surface area contributed by atoms with Gasteiger partial charge in [0.2, 0.25) is 5.91 Å². The van der Waals surface area contributed by atoms with Crippen molar-refractivity contribution >= 4 is 11.9 Å². The van der Waals surface area contributed by atoms with Crippen LogP contribution in [-0.4, -0.2) is 25.0 Å². The summed E-state index contributed by atoms with van der Waals surface area (Å²) in [5.41, 5.74) is 0.986. The molecule has 2 atom stereocenters. The summed E-state index contributed by atoms with van der Waals surface area (Å²) in [6.07, 6.45) is 0.435. The summed E-state index contributed by atoms with van der Waals surface area (Å²) in [5.74, 6) is -0.451. The maximum absolute atomic E-state index is 12.1. The first kappa shape index (κ1) is 16.2. The van der Waals surface area contributed by atoms with Gasteiger partial charge >= 0.3 is 5.97 Å². The zero-order valence-corrected chi connectivity index (χ0v) is 12.6. The van der Waals surface area contributed by atoms with Crippen LogP contribution in [0.15, 0.2) is 30.3 Å². The number of hydrogen-bond acceptors (Lipinski definition) is 3. The summed E-state index contributed by atoms with van der Waals surface area (Å²) in [5, 5.41) is 2.78. The lowest BCUT2D eigenvalue weighted by Crippen LogP contribution is -2.45. The Labute approximate surface area is 120 Å². The first-order chi connectivity index (χ1) is 9.45. The first-order valence-corrected chi connectivity index (χ1v) is 6.87. The first-order valence-electron chi connectivity index (χ1n) is 6.87. The minimum Gasteiger partial charge on any atom is -0.467 e. The van der Waals surface area contributed by atoms with Crippen LogP contribution in [0.4, 0.5) is 0 Å². The van der Waals surface area contributed by atoms with E-state index in [0.29, 0.717) is 6.42 Å². The second kappa shape index (κ2) is 7.68. The van der Waals surface area contributed by atoms with Crippen LogP contribution >= 0.6 is 0 Å². The van der Waals surface area contributed by atoms with Crippen molar-refractivity contribution in [2.24, 2.45) is 11.8 Å². The molecular weight excluding hydrogens is 254 g/mol. The standard InChI is InChI=1S/C16H23NO3/c1-11(2)12(3)15(18)17-14(16(19)20-4)10-13-8-6-5-7-9-13/h5-9,11-12,14H,10H2,1-4H3,(H,17,18)/t12-,14-/m0/s1. The van der Waals surface area contributed by atoms with Crippen molar-refractivity contribution in [1.82, 2.24) is 5.32 Å². The Morgan fingerprint density at radius 2 is 1.75 bits per heavy atom. The number of benzene rings is 1. The summed E-state index contributed by atoms with van der Waals surface area (Å²) in [6.45, 7) is 5.82. The molecule has 4 nitrogen and oxygen atoms in total. The topological polar surface area (TPSA) is 55.4 Å². The number of amides is 1. The average molecular weight is 277 g/mol. The molecule has 0 unspecified atom stereocenters. The Bertz CT molecular complexity index is 442. The average Bonchev–Trinajstić information content (AvgIpc) is 2.45. The maximum atomic E-state index is 12.1. The number of methoxy groups -OCH3 is 1. The molecule has 0 heterocycles. The van der Waals surface area contributed by atoms with Gasteiger partial charge in [0.25, 0.3) is 0 Å². The largest absolute Gasteiger partial charge is 0.467 e. The van der Waals surface area contributed by atoms with Crippen molar-refractivity contribution in [3.05, 3.63) is 35.9 Å². The van der Waals surface area contributed by atoms with Crippen molar-refractivity contribution in [1.29, 1.82) is 0 Å². The lowest BCUT2D eigenvalue weighted by Gasteiger charge is -2.21. The Balaban J connectivity index is 2.75. The zero-order valence-electron chi connectivity index (χ0n) is 12.6. The van der Waals surface area contributed by atoms with E-state index in [-0.39, 0.29) is 17.7 Å². The summed E-state index contributed by atoms with van der Waals surface area (Å²) in [4.78, 5) is 23.9. The van der Waals surface area contributed by atoms with E-state index in [1.165, 1.54) is 7.11 Å².